The summed E-state index contributed by atoms with van der Waals surface area (Å²) in [5.41, 5.74) is 2.72. The van der Waals surface area contributed by atoms with Crippen LogP contribution in [0.25, 0.3) is 0 Å². The second-order valence-electron chi connectivity index (χ2n) is 6.46. The Morgan fingerprint density at radius 2 is 1.92 bits per heavy atom. The predicted molar refractivity (Wildman–Crippen MR) is 103 cm³/mol. The van der Waals surface area contributed by atoms with Crippen molar-refractivity contribution in [3.63, 3.8) is 0 Å². The summed E-state index contributed by atoms with van der Waals surface area (Å²) in [7, 11) is 0. The minimum absolute atomic E-state index is 0.0385. The lowest BCUT2D eigenvalue weighted by molar-refractivity contribution is -0.117. The second-order valence-corrected chi connectivity index (χ2v) is 6.46. The summed E-state index contributed by atoms with van der Waals surface area (Å²) in [4.78, 5) is 25.6. The summed E-state index contributed by atoms with van der Waals surface area (Å²) >= 11 is 0. The zero-order valence-corrected chi connectivity index (χ0v) is 15.0. The molecule has 0 bridgehead atoms. The first-order valence-corrected chi connectivity index (χ1v) is 9.02. The fourth-order valence-electron chi connectivity index (χ4n) is 3.00. The number of hydrogen-bond donors (Lipinski definition) is 1. The summed E-state index contributed by atoms with van der Waals surface area (Å²) in [5, 5.41) is 2.88. The monoisotopic (exact) mass is 352 g/mol. The first kappa shape index (κ1) is 18.0. The molecular formula is C21H24N2O3. The van der Waals surface area contributed by atoms with Crippen LogP contribution in [-0.2, 0) is 9.59 Å². The van der Waals surface area contributed by atoms with E-state index >= 15 is 0 Å². The van der Waals surface area contributed by atoms with Gasteiger partial charge in [0.15, 0.2) is 0 Å². The van der Waals surface area contributed by atoms with Crippen LogP contribution in [-0.4, -0.2) is 25.0 Å². The van der Waals surface area contributed by atoms with Crippen molar-refractivity contribution in [2.45, 2.75) is 32.6 Å². The lowest BCUT2D eigenvalue weighted by Crippen LogP contribution is -2.23. The molecule has 3 rings (SSSR count). The smallest absolute Gasteiger partial charge is 0.227 e. The zero-order valence-electron chi connectivity index (χ0n) is 15.0. The molecule has 0 aliphatic carbocycles. The van der Waals surface area contributed by atoms with Crippen LogP contribution < -0.4 is 15.0 Å². The molecule has 0 radical (unpaired) electrons. The highest BCUT2D eigenvalue weighted by Crippen LogP contribution is 2.23. The summed E-state index contributed by atoms with van der Waals surface area (Å²) < 4.78 is 5.70. The van der Waals surface area contributed by atoms with E-state index < -0.39 is 0 Å². The van der Waals surface area contributed by atoms with Crippen LogP contribution >= 0.6 is 0 Å². The lowest BCUT2D eigenvalue weighted by atomic mass is 10.2. The Hall–Kier alpha value is -2.82. The van der Waals surface area contributed by atoms with E-state index in [0.717, 1.165) is 35.7 Å². The number of ether oxygens (including phenoxy) is 1. The average Bonchev–Trinajstić information content (AvgIpc) is 3.07. The van der Waals surface area contributed by atoms with Gasteiger partial charge < -0.3 is 15.0 Å². The molecule has 2 aromatic carbocycles. The minimum atomic E-state index is -0.0385. The van der Waals surface area contributed by atoms with Gasteiger partial charge in [-0.15, -0.1) is 0 Å². The molecule has 0 aromatic heterocycles. The fraction of sp³-hybridized carbons (Fsp3) is 0.333. The molecular weight excluding hydrogens is 328 g/mol. The Bertz CT molecular complexity index is 771. The highest BCUT2D eigenvalue weighted by molar-refractivity contribution is 5.96. The first-order valence-electron chi connectivity index (χ1n) is 9.02. The van der Waals surface area contributed by atoms with Crippen LogP contribution in [0.1, 0.15) is 31.2 Å². The third kappa shape index (κ3) is 4.63. The molecule has 2 aromatic rings. The average molecular weight is 352 g/mol. The third-order valence-corrected chi connectivity index (χ3v) is 4.44. The van der Waals surface area contributed by atoms with Gasteiger partial charge in [-0.3, -0.25) is 9.59 Å². The minimum Gasteiger partial charge on any atom is -0.493 e. The molecule has 0 saturated carbocycles. The van der Waals surface area contributed by atoms with Gasteiger partial charge in [-0.05, 0) is 55.7 Å². The van der Waals surface area contributed by atoms with Crippen LogP contribution in [0.4, 0.5) is 11.4 Å². The normalized spacial score (nSPS) is 13.7. The van der Waals surface area contributed by atoms with Crippen molar-refractivity contribution in [3.05, 3.63) is 54.1 Å². The van der Waals surface area contributed by atoms with E-state index in [1.54, 1.807) is 4.90 Å². The van der Waals surface area contributed by atoms with Crippen molar-refractivity contribution < 1.29 is 14.3 Å². The molecule has 2 amide bonds. The number of benzene rings is 2. The SMILES string of the molecule is Cc1ccccc1OCCCC(=O)Nc1ccc(N2CCCC2=O)cc1. The number of amides is 2. The Morgan fingerprint density at radius 3 is 2.62 bits per heavy atom. The maximum Gasteiger partial charge on any atom is 0.227 e. The van der Waals surface area contributed by atoms with E-state index in [-0.39, 0.29) is 11.8 Å². The molecule has 0 spiro atoms. The molecule has 26 heavy (non-hydrogen) atoms. The van der Waals surface area contributed by atoms with E-state index in [1.807, 2.05) is 55.5 Å². The maximum absolute atomic E-state index is 12.1. The topological polar surface area (TPSA) is 58.6 Å². The maximum atomic E-state index is 12.1. The van der Waals surface area contributed by atoms with E-state index in [2.05, 4.69) is 5.32 Å². The Kier molecular flexibility index (Phi) is 5.89. The first-order chi connectivity index (χ1) is 12.6. The van der Waals surface area contributed by atoms with Gasteiger partial charge in [-0.1, -0.05) is 18.2 Å². The van der Waals surface area contributed by atoms with Crippen molar-refractivity contribution >= 4 is 23.2 Å². The van der Waals surface area contributed by atoms with Crippen LogP contribution in [0.15, 0.2) is 48.5 Å². The molecule has 1 aliphatic heterocycles. The number of para-hydroxylation sites is 1. The molecule has 1 heterocycles. The lowest BCUT2D eigenvalue weighted by Gasteiger charge is -2.16. The molecule has 5 nitrogen and oxygen atoms in total. The Labute approximate surface area is 154 Å². The summed E-state index contributed by atoms with van der Waals surface area (Å²) in [5.74, 6) is 0.985. The van der Waals surface area contributed by atoms with Crippen molar-refractivity contribution in [2.24, 2.45) is 0 Å². The molecule has 1 N–H and O–H groups in total. The van der Waals surface area contributed by atoms with Crippen LogP contribution in [0.2, 0.25) is 0 Å². The van der Waals surface area contributed by atoms with Gasteiger partial charge in [0.2, 0.25) is 11.8 Å². The Morgan fingerprint density at radius 1 is 1.15 bits per heavy atom. The fourth-order valence-corrected chi connectivity index (χ4v) is 3.00. The number of aryl methyl sites for hydroxylation is 1. The van der Waals surface area contributed by atoms with Crippen LogP contribution in [0, 0.1) is 6.92 Å². The number of nitrogens with zero attached hydrogens (tertiary/aromatic N) is 1. The zero-order chi connectivity index (χ0) is 18.4. The molecule has 0 unspecified atom stereocenters. The number of hydrogen-bond acceptors (Lipinski definition) is 3. The molecule has 5 heteroatoms. The number of rotatable bonds is 7. The van der Waals surface area contributed by atoms with Gasteiger partial charge in [0, 0.05) is 30.8 Å². The number of carbonyl (C=O) groups excluding carboxylic acids is 2. The summed E-state index contributed by atoms with van der Waals surface area (Å²) in [6.45, 7) is 3.28. The Balaban J connectivity index is 1.42. The largest absolute Gasteiger partial charge is 0.493 e. The van der Waals surface area contributed by atoms with Crippen molar-refractivity contribution in [2.75, 3.05) is 23.4 Å². The highest BCUT2D eigenvalue weighted by atomic mass is 16.5. The number of anilines is 2. The molecule has 1 aliphatic rings. The quantitative estimate of drug-likeness (QED) is 0.769. The number of carbonyl (C=O) groups is 2. The third-order valence-electron chi connectivity index (χ3n) is 4.44. The molecule has 1 fully saturated rings. The van der Waals surface area contributed by atoms with Gasteiger partial charge in [0.1, 0.15) is 5.75 Å². The van der Waals surface area contributed by atoms with Crippen molar-refractivity contribution in [1.82, 2.24) is 0 Å². The predicted octanol–water partition coefficient (Wildman–Crippen LogP) is 3.92. The van der Waals surface area contributed by atoms with Crippen molar-refractivity contribution in [1.29, 1.82) is 0 Å². The molecule has 0 atom stereocenters. The van der Waals surface area contributed by atoms with Crippen molar-refractivity contribution in [3.8, 4) is 5.75 Å². The van der Waals surface area contributed by atoms with Crippen LogP contribution in [0.5, 0.6) is 5.75 Å². The van der Waals surface area contributed by atoms with Gasteiger partial charge in [-0.2, -0.15) is 0 Å². The standard InChI is InChI=1S/C21H24N2O3/c1-16-6-2-3-7-19(16)26-15-5-8-20(24)22-17-10-12-18(13-11-17)23-14-4-9-21(23)25/h2-3,6-7,10-13H,4-5,8-9,14-15H2,1H3,(H,22,24). The molecule has 136 valence electrons. The van der Waals surface area contributed by atoms with Crippen LogP contribution in [0.3, 0.4) is 0 Å². The van der Waals surface area contributed by atoms with Gasteiger partial charge in [0.05, 0.1) is 6.61 Å². The highest BCUT2D eigenvalue weighted by Gasteiger charge is 2.21. The van der Waals surface area contributed by atoms with E-state index in [1.165, 1.54) is 0 Å². The summed E-state index contributed by atoms with van der Waals surface area (Å²) in [6, 6.07) is 15.3. The number of nitrogens with one attached hydrogen (secondary N) is 1. The molecule has 1 saturated heterocycles. The van der Waals surface area contributed by atoms with Gasteiger partial charge in [-0.25, -0.2) is 0 Å². The van der Waals surface area contributed by atoms with E-state index in [0.29, 0.717) is 25.9 Å². The van der Waals surface area contributed by atoms with Gasteiger partial charge >= 0.3 is 0 Å². The summed E-state index contributed by atoms with van der Waals surface area (Å²) in [6.07, 6.45) is 2.57. The second kappa shape index (κ2) is 8.52. The van der Waals surface area contributed by atoms with Gasteiger partial charge in [0.25, 0.3) is 0 Å². The van der Waals surface area contributed by atoms with E-state index in [9.17, 15) is 9.59 Å². The van der Waals surface area contributed by atoms with E-state index in [4.69, 9.17) is 4.74 Å².